The van der Waals surface area contributed by atoms with Gasteiger partial charge in [-0.25, -0.2) is 4.98 Å². The average Bonchev–Trinajstić information content (AvgIpc) is 2.55. The largest absolute Gasteiger partial charge is 0.497 e. The Morgan fingerprint density at radius 3 is 2.70 bits per heavy atom. The van der Waals surface area contributed by atoms with E-state index in [1.807, 2.05) is 49.3 Å². The number of pyridine rings is 1. The van der Waals surface area contributed by atoms with Crippen LogP contribution in [0, 0.1) is 0 Å². The first kappa shape index (κ1) is 16.8. The quantitative estimate of drug-likeness (QED) is 0.819. The zero-order chi connectivity index (χ0) is 16.7. The lowest BCUT2D eigenvalue weighted by atomic mass is 10.2. The third-order valence-corrected chi connectivity index (χ3v) is 3.20. The van der Waals surface area contributed by atoms with Gasteiger partial charge in [0.05, 0.1) is 19.0 Å². The van der Waals surface area contributed by atoms with E-state index < -0.39 is 0 Å². The molecule has 1 amide bonds. The summed E-state index contributed by atoms with van der Waals surface area (Å²) in [5, 5.41) is 6.06. The summed E-state index contributed by atoms with van der Waals surface area (Å²) in [6, 6.07) is 11.1. The number of ether oxygens (including phenoxy) is 1. The Labute approximate surface area is 136 Å². The number of likely N-dealkylation sites (N-methyl/N-ethyl adjacent to an activating group) is 1. The molecule has 0 bridgehead atoms. The highest BCUT2D eigenvalue weighted by Gasteiger charge is 2.06. The van der Waals surface area contributed by atoms with Crippen LogP contribution in [0.25, 0.3) is 0 Å². The van der Waals surface area contributed by atoms with Gasteiger partial charge in [0.15, 0.2) is 0 Å². The Hall–Kier alpha value is -2.60. The lowest BCUT2D eigenvalue weighted by Crippen LogP contribution is -2.31. The molecule has 0 fully saturated rings. The third kappa shape index (κ3) is 5.27. The van der Waals surface area contributed by atoms with Crippen molar-refractivity contribution >= 4 is 17.3 Å². The van der Waals surface area contributed by atoms with Gasteiger partial charge in [-0.3, -0.25) is 4.79 Å². The summed E-state index contributed by atoms with van der Waals surface area (Å²) < 4.78 is 5.19. The van der Waals surface area contributed by atoms with Gasteiger partial charge < -0.3 is 20.3 Å². The first-order valence-corrected chi connectivity index (χ1v) is 7.38. The number of nitrogens with one attached hydrogen (secondary N) is 2. The maximum atomic E-state index is 12.0. The summed E-state index contributed by atoms with van der Waals surface area (Å²) in [7, 11) is 5.55. The minimum atomic E-state index is -0.167. The van der Waals surface area contributed by atoms with Crippen LogP contribution in [0.3, 0.4) is 0 Å². The molecule has 0 atom stereocenters. The van der Waals surface area contributed by atoms with Gasteiger partial charge in [-0.2, -0.15) is 0 Å². The molecule has 0 spiro atoms. The smallest absolute Gasteiger partial charge is 0.269 e. The molecular weight excluding hydrogens is 292 g/mol. The molecule has 2 N–H and O–H groups in total. The summed E-state index contributed by atoms with van der Waals surface area (Å²) >= 11 is 0. The fourth-order valence-corrected chi connectivity index (χ4v) is 1.95. The summed E-state index contributed by atoms with van der Waals surface area (Å²) in [4.78, 5) is 18.2. The van der Waals surface area contributed by atoms with E-state index in [0.29, 0.717) is 12.2 Å². The van der Waals surface area contributed by atoms with Crippen LogP contribution in [-0.4, -0.2) is 50.1 Å². The molecule has 1 aromatic heterocycles. The fourth-order valence-electron chi connectivity index (χ4n) is 1.95. The van der Waals surface area contributed by atoms with Gasteiger partial charge in [-0.15, -0.1) is 0 Å². The third-order valence-electron chi connectivity index (χ3n) is 3.20. The normalized spacial score (nSPS) is 10.4. The topological polar surface area (TPSA) is 66.5 Å². The molecule has 1 aromatic carbocycles. The minimum absolute atomic E-state index is 0.167. The Kier molecular flexibility index (Phi) is 5.94. The van der Waals surface area contributed by atoms with Crippen LogP contribution in [0.1, 0.15) is 10.5 Å². The molecule has 0 aliphatic carbocycles. The Bertz CT molecular complexity index is 641. The van der Waals surface area contributed by atoms with Crippen molar-refractivity contribution in [3.63, 3.8) is 0 Å². The number of nitrogens with zero attached hydrogens (tertiary/aromatic N) is 2. The lowest BCUT2D eigenvalue weighted by molar-refractivity contribution is 0.0946. The molecule has 1 heterocycles. The lowest BCUT2D eigenvalue weighted by Gasteiger charge is -2.11. The predicted octanol–water partition coefficient (Wildman–Crippen LogP) is 2.13. The molecule has 6 heteroatoms. The number of benzene rings is 1. The second-order valence-corrected chi connectivity index (χ2v) is 5.35. The van der Waals surface area contributed by atoms with Crippen LogP contribution in [0.5, 0.6) is 5.75 Å². The number of carbonyl (C=O) groups is 1. The van der Waals surface area contributed by atoms with Crippen molar-refractivity contribution in [3.8, 4) is 5.75 Å². The van der Waals surface area contributed by atoms with E-state index in [2.05, 4.69) is 15.6 Å². The van der Waals surface area contributed by atoms with Crippen molar-refractivity contribution in [1.29, 1.82) is 0 Å². The predicted molar refractivity (Wildman–Crippen MR) is 91.4 cm³/mol. The highest BCUT2D eigenvalue weighted by atomic mass is 16.5. The van der Waals surface area contributed by atoms with Crippen molar-refractivity contribution in [2.45, 2.75) is 0 Å². The number of hydrogen-bond donors (Lipinski definition) is 2. The molecule has 23 heavy (non-hydrogen) atoms. The molecule has 0 aliphatic heterocycles. The molecule has 0 aliphatic rings. The van der Waals surface area contributed by atoms with Gasteiger partial charge in [0.1, 0.15) is 11.4 Å². The van der Waals surface area contributed by atoms with Crippen molar-refractivity contribution in [2.75, 3.05) is 39.6 Å². The number of carbonyl (C=O) groups excluding carboxylic acids is 1. The van der Waals surface area contributed by atoms with E-state index in [1.165, 1.54) is 0 Å². The zero-order valence-electron chi connectivity index (χ0n) is 13.7. The summed E-state index contributed by atoms with van der Waals surface area (Å²) in [6.07, 6.45) is 1.64. The molecule has 2 aromatic rings. The van der Waals surface area contributed by atoms with Crippen molar-refractivity contribution in [3.05, 3.63) is 48.3 Å². The first-order chi connectivity index (χ1) is 11.1. The highest BCUT2D eigenvalue weighted by molar-refractivity contribution is 5.92. The van der Waals surface area contributed by atoms with Gasteiger partial charge in [-0.1, -0.05) is 6.07 Å². The van der Waals surface area contributed by atoms with Crippen molar-refractivity contribution in [2.24, 2.45) is 0 Å². The molecular formula is C17H22N4O2. The Morgan fingerprint density at radius 2 is 2.04 bits per heavy atom. The SMILES string of the molecule is COc1cccc(Nc2ccc(C(=O)NCCN(C)C)nc2)c1. The van der Waals surface area contributed by atoms with Gasteiger partial charge in [0, 0.05) is 24.8 Å². The van der Waals surface area contributed by atoms with E-state index in [1.54, 1.807) is 19.4 Å². The number of rotatable bonds is 7. The average molecular weight is 314 g/mol. The highest BCUT2D eigenvalue weighted by Crippen LogP contribution is 2.20. The van der Waals surface area contributed by atoms with Crippen LogP contribution in [-0.2, 0) is 0 Å². The fraction of sp³-hybridized carbons (Fsp3) is 0.294. The number of amides is 1. The van der Waals surface area contributed by atoms with Crippen LogP contribution in [0.15, 0.2) is 42.6 Å². The summed E-state index contributed by atoms with van der Waals surface area (Å²) in [5.41, 5.74) is 2.11. The van der Waals surface area contributed by atoms with Crippen LogP contribution in [0.4, 0.5) is 11.4 Å². The van der Waals surface area contributed by atoms with Crippen molar-refractivity contribution in [1.82, 2.24) is 15.2 Å². The number of methoxy groups -OCH3 is 1. The second-order valence-electron chi connectivity index (χ2n) is 5.35. The summed E-state index contributed by atoms with van der Waals surface area (Å²) in [6.45, 7) is 1.39. The van der Waals surface area contributed by atoms with E-state index in [0.717, 1.165) is 23.7 Å². The van der Waals surface area contributed by atoms with Crippen LogP contribution in [0.2, 0.25) is 0 Å². The van der Waals surface area contributed by atoms with E-state index >= 15 is 0 Å². The Morgan fingerprint density at radius 1 is 1.22 bits per heavy atom. The van der Waals surface area contributed by atoms with Gasteiger partial charge >= 0.3 is 0 Å². The first-order valence-electron chi connectivity index (χ1n) is 7.38. The number of hydrogen-bond acceptors (Lipinski definition) is 5. The number of aromatic nitrogens is 1. The van der Waals surface area contributed by atoms with Crippen molar-refractivity contribution < 1.29 is 9.53 Å². The monoisotopic (exact) mass is 314 g/mol. The molecule has 0 unspecified atom stereocenters. The maximum absolute atomic E-state index is 12.0. The maximum Gasteiger partial charge on any atom is 0.269 e. The van der Waals surface area contributed by atoms with E-state index in [-0.39, 0.29) is 5.91 Å². The van der Waals surface area contributed by atoms with Crippen LogP contribution < -0.4 is 15.4 Å². The van der Waals surface area contributed by atoms with Gasteiger partial charge in [0.2, 0.25) is 0 Å². The molecule has 0 saturated carbocycles. The zero-order valence-corrected chi connectivity index (χ0v) is 13.7. The molecule has 6 nitrogen and oxygen atoms in total. The molecule has 0 saturated heterocycles. The minimum Gasteiger partial charge on any atom is -0.497 e. The second kappa shape index (κ2) is 8.14. The summed E-state index contributed by atoms with van der Waals surface area (Å²) in [5.74, 6) is 0.611. The Balaban J connectivity index is 1.94. The standard InChI is InChI=1S/C17H22N4O2/c1-21(2)10-9-18-17(22)16-8-7-14(12-19-16)20-13-5-4-6-15(11-13)23-3/h4-8,11-12,20H,9-10H2,1-3H3,(H,18,22). The molecule has 122 valence electrons. The van der Waals surface area contributed by atoms with E-state index in [9.17, 15) is 4.79 Å². The number of anilines is 2. The molecule has 2 rings (SSSR count). The van der Waals surface area contributed by atoms with Gasteiger partial charge in [-0.05, 0) is 38.4 Å². The van der Waals surface area contributed by atoms with Gasteiger partial charge in [0.25, 0.3) is 5.91 Å². The van der Waals surface area contributed by atoms with Crippen LogP contribution >= 0.6 is 0 Å². The molecule has 0 radical (unpaired) electrons. The van der Waals surface area contributed by atoms with E-state index in [4.69, 9.17) is 4.74 Å².